The van der Waals surface area contributed by atoms with E-state index in [-0.39, 0.29) is 35.4 Å². The number of amides is 1. The SMILES string of the molecule is C[C@H](Nc1nc(Nc2ccc(F)cc2)nc(Nc2ccc(F)cc2)n1)C(=O)Nc1ccc(Br)cc1. The van der Waals surface area contributed by atoms with Gasteiger partial charge < -0.3 is 21.3 Å². The van der Waals surface area contributed by atoms with Crippen LogP contribution in [0, 0.1) is 11.6 Å². The molecule has 4 N–H and O–H groups in total. The first-order chi connectivity index (χ1) is 16.8. The van der Waals surface area contributed by atoms with Crippen LogP contribution in [0.3, 0.4) is 0 Å². The highest BCUT2D eigenvalue weighted by atomic mass is 79.9. The molecule has 0 saturated carbocycles. The zero-order chi connectivity index (χ0) is 24.8. The molecule has 0 spiro atoms. The lowest BCUT2D eigenvalue weighted by molar-refractivity contribution is -0.116. The molecule has 0 fully saturated rings. The Balaban J connectivity index is 1.54. The molecule has 0 unspecified atom stereocenters. The molecular formula is C24H20BrF2N7O. The van der Waals surface area contributed by atoms with Crippen molar-refractivity contribution in [1.82, 2.24) is 15.0 Å². The van der Waals surface area contributed by atoms with Crippen LogP contribution in [0.5, 0.6) is 0 Å². The maximum absolute atomic E-state index is 13.3. The molecule has 4 aromatic rings. The van der Waals surface area contributed by atoms with Crippen molar-refractivity contribution in [2.75, 3.05) is 21.3 Å². The van der Waals surface area contributed by atoms with Gasteiger partial charge in [-0.2, -0.15) is 15.0 Å². The van der Waals surface area contributed by atoms with Gasteiger partial charge in [0.05, 0.1) is 0 Å². The van der Waals surface area contributed by atoms with Crippen molar-refractivity contribution in [2.45, 2.75) is 13.0 Å². The molecule has 0 saturated heterocycles. The molecule has 1 aromatic heterocycles. The number of aromatic nitrogens is 3. The van der Waals surface area contributed by atoms with E-state index in [2.05, 4.69) is 52.1 Å². The summed E-state index contributed by atoms with van der Waals surface area (Å²) in [4.78, 5) is 25.6. The van der Waals surface area contributed by atoms with Crippen LogP contribution in [-0.4, -0.2) is 26.9 Å². The van der Waals surface area contributed by atoms with E-state index in [1.807, 2.05) is 12.1 Å². The first-order valence-electron chi connectivity index (χ1n) is 10.5. The van der Waals surface area contributed by atoms with Crippen LogP contribution >= 0.6 is 15.9 Å². The van der Waals surface area contributed by atoms with Crippen molar-refractivity contribution in [3.05, 3.63) is 88.9 Å². The minimum atomic E-state index is -0.696. The number of carbonyl (C=O) groups excluding carboxylic acids is 1. The fourth-order valence-corrected chi connectivity index (χ4v) is 3.18. The number of rotatable bonds is 8. The van der Waals surface area contributed by atoms with Crippen molar-refractivity contribution >= 4 is 56.7 Å². The number of hydrogen-bond donors (Lipinski definition) is 4. The summed E-state index contributed by atoms with van der Waals surface area (Å²) < 4.78 is 27.4. The molecule has 35 heavy (non-hydrogen) atoms. The highest BCUT2D eigenvalue weighted by molar-refractivity contribution is 9.10. The Labute approximate surface area is 208 Å². The Morgan fingerprint density at radius 3 is 1.63 bits per heavy atom. The Hall–Kier alpha value is -4.12. The van der Waals surface area contributed by atoms with E-state index in [9.17, 15) is 13.6 Å². The normalized spacial score (nSPS) is 11.4. The Bertz CT molecular complexity index is 1240. The van der Waals surface area contributed by atoms with E-state index >= 15 is 0 Å². The second-order valence-electron chi connectivity index (χ2n) is 7.43. The number of benzene rings is 3. The van der Waals surface area contributed by atoms with Crippen molar-refractivity contribution in [3.8, 4) is 0 Å². The third-order valence-electron chi connectivity index (χ3n) is 4.69. The molecule has 178 valence electrons. The van der Waals surface area contributed by atoms with Crippen LogP contribution in [0.4, 0.5) is 43.7 Å². The zero-order valence-electron chi connectivity index (χ0n) is 18.4. The average molecular weight is 540 g/mol. The van der Waals surface area contributed by atoms with Gasteiger partial charge in [0.25, 0.3) is 0 Å². The predicted molar refractivity (Wildman–Crippen MR) is 135 cm³/mol. The van der Waals surface area contributed by atoms with Crippen LogP contribution in [0.1, 0.15) is 6.92 Å². The number of anilines is 6. The largest absolute Gasteiger partial charge is 0.342 e. The lowest BCUT2D eigenvalue weighted by Gasteiger charge is -2.16. The molecule has 0 aliphatic carbocycles. The second-order valence-corrected chi connectivity index (χ2v) is 8.35. The summed E-state index contributed by atoms with van der Waals surface area (Å²) in [5, 5.41) is 11.7. The highest BCUT2D eigenvalue weighted by Gasteiger charge is 2.16. The van der Waals surface area contributed by atoms with Gasteiger partial charge in [0.15, 0.2) is 0 Å². The summed E-state index contributed by atoms with van der Waals surface area (Å²) in [6, 6.07) is 17.8. The first-order valence-corrected chi connectivity index (χ1v) is 11.3. The number of hydrogen-bond acceptors (Lipinski definition) is 7. The average Bonchev–Trinajstić information content (AvgIpc) is 2.83. The van der Waals surface area contributed by atoms with Crippen LogP contribution in [0.15, 0.2) is 77.3 Å². The molecular weight excluding hydrogens is 520 g/mol. The van der Waals surface area contributed by atoms with Gasteiger partial charge in [-0.1, -0.05) is 15.9 Å². The molecule has 4 rings (SSSR count). The summed E-state index contributed by atoms with van der Waals surface area (Å²) in [7, 11) is 0. The molecule has 0 aliphatic rings. The van der Waals surface area contributed by atoms with E-state index < -0.39 is 6.04 Å². The van der Waals surface area contributed by atoms with Gasteiger partial charge in [-0.15, -0.1) is 0 Å². The summed E-state index contributed by atoms with van der Waals surface area (Å²) in [6.07, 6.45) is 0. The fourth-order valence-electron chi connectivity index (χ4n) is 2.92. The number of carbonyl (C=O) groups is 1. The molecule has 1 amide bonds. The van der Waals surface area contributed by atoms with Gasteiger partial charge >= 0.3 is 0 Å². The van der Waals surface area contributed by atoms with Gasteiger partial charge in [0.2, 0.25) is 23.8 Å². The number of nitrogens with one attached hydrogen (secondary N) is 4. The van der Waals surface area contributed by atoms with E-state index in [1.165, 1.54) is 48.5 Å². The lowest BCUT2D eigenvalue weighted by atomic mass is 10.2. The van der Waals surface area contributed by atoms with Crippen LogP contribution in [0.25, 0.3) is 0 Å². The minimum Gasteiger partial charge on any atom is -0.342 e. The molecule has 1 atom stereocenters. The Morgan fingerprint density at radius 1 is 0.714 bits per heavy atom. The molecule has 0 aliphatic heterocycles. The Morgan fingerprint density at radius 2 is 1.14 bits per heavy atom. The van der Waals surface area contributed by atoms with Crippen molar-refractivity contribution < 1.29 is 13.6 Å². The van der Waals surface area contributed by atoms with E-state index in [0.29, 0.717) is 17.1 Å². The Kier molecular flexibility index (Phi) is 7.46. The molecule has 1 heterocycles. The van der Waals surface area contributed by atoms with Crippen LogP contribution < -0.4 is 21.3 Å². The van der Waals surface area contributed by atoms with Gasteiger partial charge in [-0.25, -0.2) is 8.78 Å². The molecule has 0 radical (unpaired) electrons. The maximum Gasteiger partial charge on any atom is 0.246 e. The monoisotopic (exact) mass is 539 g/mol. The molecule has 0 bridgehead atoms. The fraction of sp³-hybridized carbons (Fsp3) is 0.0833. The predicted octanol–water partition coefficient (Wildman–Crippen LogP) is 5.84. The van der Waals surface area contributed by atoms with Crippen molar-refractivity contribution in [2.24, 2.45) is 0 Å². The topological polar surface area (TPSA) is 104 Å². The first kappa shape index (κ1) is 24.0. The summed E-state index contributed by atoms with van der Waals surface area (Å²) in [5.41, 5.74) is 1.74. The minimum absolute atomic E-state index is 0.118. The van der Waals surface area contributed by atoms with Gasteiger partial charge in [0, 0.05) is 21.5 Å². The molecule has 8 nitrogen and oxygen atoms in total. The number of halogens is 3. The highest BCUT2D eigenvalue weighted by Crippen LogP contribution is 2.20. The quantitative estimate of drug-likeness (QED) is 0.223. The van der Waals surface area contributed by atoms with E-state index in [4.69, 9.17) is 0 Å². The summed E-state index contributed by atoms with van der Waals surface area (Å²) in [5.74, 6) is -0.629. The van der Waals surface area contributed by atoms with E-state index in [0.717, 1.165) is 4.47 Å². The van der Waals surface area contributed by atoms with Gasteiger partial charge in [0.1, 0.15) is 17.7 Å². The second kappa shape index (κ2) is 10.9. The van der Waals surface area contributed by atoms with Gasteiger partial charge in [-0.05, 0) is 79.7 Å². The van der Waals surface area contributed by atoms with Crippen molar-refractivity contribution in [3.63, 3.8) is 0 Å². The zero-order valence-corrected chi connectivity index (χ0v) is 20.0. The van der Waals surface area contributed by atoms with Crippen LogP contribution in [0.2, 0.25) is 0 Å². The van der Waals surface area contributed by atoms with Crippen molar-refractivity contribution in [1.29, 1.82) is 0 Å². The third-order valence-corrected chi connectivity index (χ3v) is 5.22. The van der Waals surface area contributed by atoms with Crippen LogP contribution in [-0.2, 0) is 4.79 Å². The van der Waals surface area contributed by atoms with E-state index in [1.54, 1.807) is 19.1 Å². The van der Waals surface area contributed by atoms with Gasteiger partial charge in [-0.3, -0.25) is 4.79 Å². The molecule has 11 heteroatoms. The summed E-state index contributed by atoms with van der Waals surface area (Å²) >= 11 is 3.36. The lowest BCUT2D eigenvalue weighted by Crippen LogP contribution is -2.32. The summed E-state index contributed by atoms with van der Waals surface area (Å²) in [6.45, 7) is 1.66. The standard InChI is InChI=1S/C24H20BrF2N7O/c1-14(21(35)29-18-8-2-15(25)3-9-18)28-22-32-23(30-19-10-4-16(26)5-11-19)34-24(33-22)31-20-12-6-17(27)7-13-20/h2-14H,1H3,(H,29,35)(H3,28,30,31,32,33,34)/t14-/m0/s1. The third kappa shape index (κ3) is 6.93. The maximum atomic E-state index is 13.3. The molecule has 3 aromatic carbocycles. The smallest absolute Gasteiger partial charge is 0.246 e. The number of nitrogens with zero attached hydrogens (tertiary/aromatic N) is 3.